The Hall–Kier alpha value is -1.14. The van der Waals surface area contributed by atoms with E-state index < -0.39 is 0 Å². The number of nitrogens with one attached hydrogen (secondary N) is 1. The predicted octanol–water partition coefficient (Wildman–Crippen LogP) is 0.208. The minimum atomic E-state index is -0.0338. The Bertz CT molecular complexity index is 402. The molecule has 1 heterocycles. The van der Waals surface area contributed by atoms with Crippen molar-refractivity contribution in [3.05, 3.63) is 0 Å². The molecule has 22 heavy (non-hydrogen) atoms. The molecule has 2 N–H and O–H groups in total. The number of likely N-dealkylation sites (tertiary alicyclic amines) is 1. The summed E-state index contributed by atoms with van der Waals surface area (Å²) in [6, 6.07) is 0.299. The lowest BCUT2D eigenvalue weighted by molar-refractivity contribution is -0.138. The van der Waals surface area contributed by atoms with E-state index >= 15 is 0 Å². The van der Waals surface area contributed by atoms with Gasteiger partial charge in [0.05, 0.1) is 6.54 Å². The molecule has 2 aliphatic rings. The molecule has 1 saturated carbocycles. The van der Waals surface area contributed by atoms with Crippen molar-refractivity contribution in [1.29, 1.82) is 0 Å². The van der Waals surface area contributed by atoms with Crippen molar-refractivity contribution in [3.63, 3.8) is 0 Å². The third-order valence-electron chi connectivity index (χ3n) is 5.15. The van der Waals surface area contributed by atoms with Gasteiger partial charge in [-0.15, -0.1) is 0 Å². The number of hydrogen-bond acceptors (Lipinski definition) is 4. The second-order valence-electron chi connectivity index (χ2n) is 7.02. The van der Waals surface area contributed by atoms with E-state index in [4.69, 9.17) is 0 Å². The Morgan fingerprint density at radius 2 is 2.14 bits per heavy atom. The molecule has 6 heteroatoms. The average Bonchev–Trinajstić information content (AvgIpc) is 2.62. The van der Waals surface area contributed by atoms with Crippen molar-refractivity contribution in [3.8, 4) is 0 Å². The Labute approximate surface area is 132 Å². The Balaban J connectivity index is 1.80. The van der Waals surface area contributed by atoms with E-state index in [9.17, 15) is 14.7 Å². The number of carbonyl (C=O) groups excluding carboxylic acids is 2. The Morgan fingerprint density at radius 3 is 2.68 bits per heavy atom. The number of amides is 2. The SMILES string of the molecule is CN(C)C(=O)CN1CC[C@@H](NCC2(CO)CCC2)CCC1=O. The van der Waals surface area contributed by atoms with Gasteiger partial charge in [0.1, 0.15) is 0 Å². The van der Waals surface area contributed by atoms with Gasteiger partial charge in [-0.1, -0.05) is 6.42 Å². The van der Waals surface area contributed by atoms with Crippen LogP contribution in [0.4, 0.5) is 0 Å². The zero-order valence-corrected chi connectivity index (χ0v) is 13.8. The first-order valence-electron chi connectivity index (χ1n) is 8.28. The summed E-state index contributed by atoms with van der Waals surface area (Å²) in [6.07, 6.45) is 5.55. The fourth-order valence-electron chi connectivity index (χ4n) is 3.14. The van der Waals surface area contributed by atoms with E-state index in [1.165, 1.54) is 11.3 Å². The maximum absolute atomic E-state index is 12.1. The van der Waals surface area contributed by atoms with Gasteiger partial charge >= 0.3 is 0 Å². The quantitative estimate of drug-likeness (QED) is 0.735. The minimum Gasteiger partial charge on any atom is -0.396 e. The van der Waals surface area contributed by atoms with E-state index in [0.717, 1.165) is 32.2 Å². The summed E-state index contributed by atoms with van der Waals surface area (Å²) in [5.41, 5.74) is 0.0664. The number of rotatable bonds is 6. The molecule has 0 spiro atoms. The van der Waals surface area contributed by atoms with Crippen LogP contribution in [0.1, 0.15) is 38.5 Å². The van der Waals surface area contributed by atoms with Crippen molar-refractivity contribution in [2.45, 2.75) is 44.6 Å². The number of carbonyl (C=O) groups is 2. The third kappa shape index (κ3) is 4.20. The largest absolute Gasteiger partial charge is 0.396 e. The van der Waals surface area contributed by atoms with Crippen molar-refractivity contribution in [2.75, 3.05) is 40.3 Å². The molecule has 2 fully saturated rings. The van der Waals surface area contributed by atoms with Crippen LogP contribution in [0.5, 0.6) is 0 Å². The van der Waals surface area contributed by atoms with Gasteiger partial charge in [0.15, 0.2) is 0 Å². The maximum Gasteiger partial charge on any atom is 0.241 e. The fraction of sp³-hybridized carbons (Fsp3) is 0.875. The highest BCUT2D eigenvalue weighted by Gasteiger charge is 2.36. The van der Waals surface area contributed by atoms with E-state index in [1.54, 1.807) is 19.0 Å². The second-order valence-corrected chi connectivity index (χ2v) is 7.02. The van der Waals surface area contributed by atoms with E-state index in [1.807, 2.05) is 0 Å². The third-order valence-corrected chi connectivity index (χ3v) is 5.15. The average molecular weight is 311 g/mol. The highest BCUT2D eigenvalue weighted by atomic mass is 16.3. The molecule has 1 aliphatic heterocycles. The van der Waals surface area contributed by atoms with Crippen molar-refractivity contribution >= 4 is 11.8 Å². The molecule has 1 saturated heterocycles. The number of nitrogens with zero attached hydrogens (tertiary/aromatic N) is 2. The first-order chi connectivity index (χ1) is 10.5. The van der Waals surface area contributed by atoms with Gasteiger partial charge in [0.2, 0.25) is 11.8 Å². The molecule has 0 unspecified atom stereocenters. The summed E-state index contributed by atoms with van der Waals surface area (Å²) in [6.45, 7) is 1.88. The molecule has 2 rings (SSSR count). The second kappa shape index (κ2) is 7.42. The Morgan fingerprint density at radius 1 is 1.41 bits per heavy atom. The minimum absolute atomic E-state index is 0.0338. The van der Waals surface area contributed by atoms with Crippen molar-refractivity contribution < 1.29 is 14.7 Å². The summed E-state index contributed by atoms with van der Waals surface area (Å²) >= 11 is 0. The number of hydrogen-bond donors (Lipinski definition) is 2. The molecule has 0 bridgehead atoms. The van der Waals surface area contributed by atoms with Crippen LogP contribution >= 0.6 is 0 Å². The molecule has 0 aromatic carbocycles. The standard InChI is InChI=1S/C16H29N3O3/c1-18(2)15(22)10-19-9-6-13(4-5-14(19)21)17-11-16(12-20)7-3-8-16/h13,17,20H,3-12H2,1-2H3/t13-/m0/s1. The number of aliphatic hydroxyl groups is 1. The smallest absolute Gasteiger partial charge is 0.241 e. The van der Waals surface area contributed by atoms with Gasteiger partial charge in [-0.25, -0.2) is 0 Å². The van der Waals surface area contributed by atoms with Gasteiger partial charge in [0.25, 0.3) is 0 Å². The van der Waals surface area contributed by atoms with Gasteiger partial charge in [-0.2, -0.15) is 0 Å². The zero-order chi connectivity index (χ0) is 16.2. The normalized spacial score (nSPS) is 24.6. The molecular formula is C16H29N3O3. The van der Waals surface area contributed by atoms with E-state index in [-0.39, 0.29) is 30.4 Å². The molecule has 6 nitrogen and oxygen atoms in total. The van der Waals surface area contributed by atoms with Crippen LogP contribution in [0.15, 0.2) is 0 Å². The van der Waals surface area contributed by atoms with Crippen LogP contribution in [0, 0.1) is 5.41 Å². The lowest BCUT2D eigenvalue weighted by Crippen LogP contribution is -2.46. The molecule has 2 amide bonds. The van der Waals surface area contributed by atoms with Gasteiger partial charge in [0, 0.05) is 51.7 Å². The Kier molecular flexibility index (Phi) is 5.81. The van der Waals surface area contributed by atoms with E-state index in [2.05, 4.69) is 5.32 Å². The van der Waals surface area contributed by atoms with Crippen LogP contribution in [-0.2, 0) is 9.59 Å². The van der Waals surface area contributed by atoms with Crippen LogP contribution in [-0.4, -0.2) is 73.1 Å². The maximum atomic E-state index is 12.1. The zero-order valence-electron chi connectivity index (χ0n) is 13.8. The number of likely N-dealkylation sites (N-methyl/N-ethyl adjacent to an activating group) is 1. The molecule has 126 valence electrons. The first kappa shape index (κ1) is 17.2. The molecule has 0 aromatic heterocycles. The van der Waals surface area contributed by atoms with Crippen LogP contribution < -0.4 is 5.32 Å². The van der Waals surface area contributed by atoms with Crippen molar-refractivity contribution in [2.24, 2.45) is 5.41 Å². The highest BCUT2D eigenvalue weighted by molar-refractivity contribution is 5.84. The van der Waals surface area contributed by atoms with E-state index in [0.29, 0.717) is 19.0 Å². The molecule has 1 aliphatic carbocycles. The van der Waals surface area contributed by atoms with Crippen LogP contribution in [0.25, 0.3) is 0 Å². The summed E-state index contributed by atoms with van der Waals surface area (Å²) in [5.74, 6) is 0.0356. The highest BCUT2D eigenvalue weighted by Crippen LogP contribution is 2.39. The monoisotopic (exact) mass is 311 g/mol. The number of aliphatic hydroxyl groups excluding tert-OH is 1. The topological polar surface area (TPSA) is 72.9 Å². The summed E-state index contributed by atoms with van der Waals surface area (Å²) < 4.78 is 0. The summed E-state index contributed by atoms with van der Waals surface area (Å²) in [5, 5.41) is 13.1. The molecular weight excluding hydrogens is 282 g/mol. The molecule has 1 atom stereocenters. The van der Waals surface area contributed by atoms with Gasteiger partial charge in [-0.05, 0) is 25.7 Å². The van der Waals surface area contributed by atoms with Gasteiger partial charge in [-0.3, -0.25) is 9.59 Å². The molecule has 0 aromatic rings. The van der Waals surface area contributed by atoms with Crippen LogP contribution in [0.3, 0.4) is 0 Å². The summed E-state index contributed by atoms with van der Waals surface area (Å²) in [4.78, 5) is 27.1. The van der Waals surface area contributed by atoms with Crippen molar-refractivity contribution in [1.82, 2.24) is 15.1 Å². The van der Waals surface area contributed by atoms with Crippen LogP contribution in [0.2, 0.25) is 0 Å². The fourth-order valence-corrected chi connectivity index (χ4v) is 3.14. The lowest BCUT2D eigenvalue weighted by atomic mass is 9.69. The first-order valence-corrected chi connectivity index (χ1v) is 8.28. The molecule has 0 radical (unpaired) electrons. The predicted molar refractivity (Wildman–Crippen MR) is 84.3 cm³/mol. The van der Waals surface area contributed by atoms with Gasteiger partial charge < -0.3 is 20.2 Å². The summed E-state index contributed by atoms with van der Waals surface area (Å²) in [7, 11) is 3.42. The lowest BCUT2D eigenvalue weighted by Gasteiger charge is -2.41.